The van der Waals surface area contributed by atoms with Gasteiger partial charge in [-0.05, 0) is 0 Å². The number of ether oxygens (including phenoxy) is 5. The Balaban J connectivity index is 3.11. The third-order valence-corrected chi connectivity index (χ3v) is 3.67. The Morgan fingerprint density at radius 3 is 1.71 bits per heavy atom. The number of carbonyl (C=O) groups excluding carboxylic acids is 4. The van der Waals surface area contributed by atoms with Crippen LogP contribution in [0.25, 0.3) is 0 Å². The van der Waals surface area contributed by atoms with Crippen molar-refractivity contribution < 1.29 is 42.9 Å². The SMILES string of the molecule is CC(=O)OCC1OC(Br)C(OC(C)=O)C(OC(C)=O)C1OC(C)=O. The maximum absolute atomic E-state index is 11.4. The normalized spacial score (nSPS) is 29.3. The molecule has 1 aliphatic heterocycles. The van der Waals surface area contributed by atoms with Crippen LogP contribution in [0.2, 0.25) is 0 Å². The molecule has 5 unspecified atom stereocenters. The molecule has 0 aromatic carbocycles. The minimum atomic E-state index is -1.13. The van der Waals surface area contributed by atoms with Crippen LogP contribution in [0.1, 0.15) is 27.7 Å². The maximum atomic E-state index is 11.4. The van der Waals surface area contributed by atoms with Gasteiger partial charge in [0.05, 0.1) is 0 Å². The summed E-state index contributed by atoms with van der Waals surface area (Å²) in [6.07, 6.45) is -4.22. The molecule has 0 amide bonds. The van der Waals surface area contributed by atoms with E-state index in [-0.39, 0.29) is 6.61 Å². The zero-order valence-corrected chi connectivity index (χ0v) is 15.2. The lowest BCUT2D eigenvalue weighted by atomic mass is 9.99. The first-order valence-electron chi connectivity index (χ1n) is 7.06. The van der Waals surface area contributed by atoms with Crippen molar-refractivity contribution in [1.29, 1.82) is 0 Å². The largest absolute Gasteiger partial charge is 0.463 e. The molecule has 1 saturated heterocycles. The molecule has 0 bridgehead atoms. The van der Waals surface area contributed by atoms with Crippen LogP contribution in [-0.2, 0) is 42.9 Å². The fourth-order valence-electron chi connectivity index (χ4n) is 2.18. The Bertz CT molecular complexity index is 506. The molecule has 1 heterocycles. The number of halogens is 1. The lowest BCUT2D eigenvalue weighted by Gasteiger charge is -2.42. The topological polar surface area (TPSA) is 114 Å². The number of hydrogen-bond acceptors (Lipinski definition) is 9. The first-order chi connectivity index (χ1) is 11.1. The van der Waals surface area contributed by atoms with Crippen LogP contribution in [0, 0.1) is 0 Å². The number of carbonyl (C=O) groups is 4. The first-order valence-corrected chi connectivity index (χ1v) is 7.98. The highest BCUT2D eigenvalue weighted by Gasteiger charge is 2.51. The summed E-state index contributed by atoms with van der Waals surface area (Å²) in [4.78, 5) is 45.1. The molecule has 24 heavy (non-hydrogen) atoms. The quantitative estimate of drug-likeness (QED) is 0.362. The third kappa shape index (κ3) is 6.08. The van der Waals surface area contributed by atoms with E-state index < -0.39 is 53.3 Å². The summed E-state index contributed by atoms with van der Waals surface area (Å²) in [6, 6.07) is 0. The Morgan fingerprint density at radius 2 is 1.25 bits per heavy atom. The molecule has 0 radical (unpaired) electrons. The second kappa shape index (κ2) is 8.97. The molecule has 5 atom stereocenters. The Labute approximate surface area is 147 Å². The predicted octanol–water partition coefficient (Wildman–Crippen LogP) is 0.464. The van der Waals surface area contributed by atoms with Crippen molar-refractivity contribution in [3.05, 3.63) is 0 Å². The third-order valence-electron chi connectivity index (χ3n) is 2.93. The van der Waals surface area contributed by atoms with E-state index in [9.17, 15) is 19.2 Å². The van der Waals surface area contributed by atoms with E-state index in [0.29, 0.717) is 0 Å². The van der Waals surface area contributed by atoms with E-state index in [0.717, 1.165) is 13.8 Å². The van der Waals surface area contributed by atoms with Gasteiger partial charge in [-0.1, -0.05) is 15.9 Å². The van der Waals surface area contributed by atoms with Crippen molar-refractivity contribution in [3.63, 3.8) is 0 Å². The van der Waals surface area contributed by atoms with Gasteiger partial charge in [0.25, 0.3) is 0 Å². The van der Waals surface area contributed by atoms with Gasteiger partial charge in [-0.25, -0.2) is 0 Å². The van der Waals surface area contributed by atoms with Crippen molar-refractivity contribution in [1.82, 2.24) is 0 Å². The number of hydrogen-bond donors (Lipinski definition) is 0. The summed E-state index contributed by atoms with van der Waals surface area (Å²) in [5, 5.41) is -0.863. The Morgan fingerprint density at radius 1 is 0.792 bits per heavy atom. The zero-order chi connectivity index (χ0) is 18.4. The predicted molar refractivity (Wildman–Crippen MR) is 80.9 cm³/mol. The number of alkyl halides is 1. The van der Waals surface area contributed by atoms with E-state index in [2.05, 4.69) is 15.9 Å². The van der Waals surface area contributed by atoms with Crippen LogP contribution < -0.4 is 0 Å². The standard InChI is InChI=1S/C14H19BrO9/c1-6(16)20-5-10-11(21-7(2)17)12(22-8(3)18)13(14(15)24-10)23-9(4)19/h10-14H,5H2,1-4H3. The van der Waals surface area contributed by atoms with Crippen molar-refractivity contribution in [2.75, 3.05) is 6.61 Å². The average molecular weight is 411 g/mol. The van der Waals surface area contributed by atoms with Crippen molar-refractivity contribution in [3.8, 4) is 0 Å². The molecule has 136 valence electrons. The Hall–Kier alpha value is -1.68. The summed E-state index contributed by atoms with van der Waals surface area (Å²) in [5.74, 6) is -2.52. The van der Waals surface area contributed by atoms with E-state index in [1.165, 1.54) is 13.8 Å². The minimum absolute atomic E-state index is 0.236. The maximum Gasteiger partial charge on any atom is 0.303 e. The first kappa shape index (κ1) is 20.4. The molecule has 0 aromatic heterocycles. The van der Waals surface area contributed by atoms with Crippen molar-refractivity contribution in [2.24, 2.45) is 0 Å². The molecule has 1 rings (SSSR count). The van der Waals surface area contributed by atoms with Crippen molar-refractivity contribution in [2.45, 2.75) is 57.1 Å². The Kier molecular flexibility index (Phi) is 7.61. The van der Waals surface area contributed by atoms with Gasteiger partial charge < -0.3 is 23.7 Å². The second-order valence-electron chi connectivity index (χ2n) is 5.05. The van der Waals surface area contributed by atoms with Gasteiger partial charge in [0, 0.05) is 27.7 Å². The summed E-state index contributed by atoms with van der Waals surface area (Å²) >= 11 is 3.18. The van der Waals surface area contributed by atoms with Gasteiger partial charge in [-0.3, -0.25) is 19.2 Å². The van der Waals surface area contributed by atoms with Gasteiger partial charge in [-0.15, -0.1) is 0 Å². The monoisotopic (exact) mass is 410 g/mol. The molecule has 0 aliphatic carbocycles. The van der Waals surface area contributed by atoms with Crippen LogP contribution in [0.3, 0.4) is 0 Å². The van der Waals surface area contributed by atoms with Crippen LogP contribution in [-0.4, -0.2) is 59.9 Å². The fraction of sp³-hybridized carbons (Fsp3) is 0.714. The minimum Gasteiger partial charge on any atom is -0.463 e. The second-order valence-corrected chi connectivity index (χ2v) is 5.95. The molecule has 1 fully saturated rings. The number of esters is 4. The molecule has 10 heteroatoms. The molecular weight excluding hydrogens is 392 g/mol. The molecule has 1 aliphatic rings. The van der Waals surface area contributed by atoms with E-state index in [4.69, 9.17) is 23.7 Å². The highest BCUT2D eigenvalue weighted by molar-refractivity contribution is 9.09. The van der Waals surface area contributed by atoms with E-state index in [1.807, 2.05) is 0 Å². The van der Waals surface area contributed by atoms with Crippen LogP contribution in [0.5, 0.6) is 0 Å². The fourth-order valence-corrected chi connectivity index (χ4v) is 2.86. The number of rotatable bonds is 5. The molecular formula is C14H19BrO9. The van der Waals surface area contributed by atoms with Gasteiger partial charge in [0.2, 0.25) is 0 Å². The lowest BCUT2D eigenvalue weighted by molar-refractivity contribution is -0.236. The van der Waals surface area contributed by atoms with Gasteiger partial charge in [0.1, 0.15) is 12.7 Å². The highest BCUT2D eigenvalue weighted by atomic mass is 79.9. The highest BCUT2D eigenvalue weighted by Crippen LogP contribution is 2.31. The van der Waals surface area contributed by atoms with Crippen LogP contribution >= 0.6 is 15.9 Å². The zero-order valence-electron chi connectivity index (χ0n) is 13.6. The molecule has 0 aromatic rings. The lowest BCUT2D eigenvalue weighted by Crippen LogP contribution is -2.60. The summed E-state index contributed by atoms with van der Waals surface area (Å²) in [5.41, 5.74) is 0. The van der Waals surface area contributed by atoms with E-state index >= 15 is 0 Å². The van der Waals surface area contributed by atoms with Crippen molar-refractivity contribution >= 4 is 39.8 Å². The van der Waals surface area contributed by atoms with Crippen LogP contribution in [0.4, 0.5) is 0 Å². The average Bonchev–Trinajstić information content (AvgIpc) is 2.42. The van der Waals surface area contributed by atoms with E-state index in [1.54, 1.807) is 0 Å². The molecule has 0 saturated carbocycles. The van der Waals surface area contributed by atoms with Gasteiger partial charge in [0.15, 0.2) is 23.3 Å². The summed E-state index contributed by atoms with van der Waals surface area (Å²) < 4.78 is 25.9. The van der Waals surface area contributed by atoms with Gasteiger partial charge >= 0.3 is 23.9 Å². The smallest absolute Gasteiger partial charge is 0.303 e. The van der Waals surface area contributed by atoms with Gasteiger partial charge in [-0.2, -0.15) is 0 Å². The van der Waals surface area contributed by atoms with Crippen LogP contribution in [0.15, 0.2) is 0 Å². The molecule has 9 nitrogen and oxygen atoms in total. The molecule has 0 N–H and O–H groups in total. The molecule has 0 spiro atoms. The summed E-state index contributed by atoms with van der Waals surface area (Å²) in [7, 11) is 0. The summed E-state index contributed by atoms with van der Waals surface area (Å²) in [6.45, 7) is 4.47.